The summed E-state index contributed by atoms with van der Waals surface area (Å²) in [4.78, 5) is 59.0. The van der Waals surface area contributed by atoms with Gasteiger partial charge in [0.15, 0.2) is 6.10 Å². The zero-order valence-electron chi connectivity index (χ0n) is 73.3. The van der Waals surface area contributed by atoms with Crippen molar-refractivity contribution in [3.05, 3.63) is 194 Å². The van der Waals surface area contributed by atoms with Gasteiger partial charge in [0.05, 0.1) is 26.4 Å². The van der Waals surface area contributed by atoms with Crippen LogP contribution in [0.25, 0.3) is 0 Å². The molecule has 0 rings (SSSR count). The Morgan fingerprint density at radius 3 is 0.675 bits per heavy atom. The first-order valence-corrected chi connectivity index (χ1v) is 48.7. The molecule has 18 heteroatoms. The third-order valence-electron chi connectivity index (χ3n) is 18.8. The summed E-state index contributed by atoms with van der Waals surface area (Å²) in [5, 5.41) is 20.7. The van der Waals surface area contributed by atoms with Crippen LogP contribution < -0.4 is 0 Å². The van der Waals surface area contributed by atoms with Crippen LogP contribution >= 0.6 is 15.6 Å². The molecule has 0 aliphatic rings. The van der Waals surface area contributed by atoms with Gasteiger partial charge in [-0.15, -0.1) is 0 Å². The van der Waals surface area contributed by atoms with Crippen molar-refractivity contribution in [3.63, 3.8) is 0 Å². The van der Waals surface area contributed by atoms with E-state index in [1.807, 2.05) is 0 Å². The number of hydrogen-bond acceptors (Lipinski definition) is 14. The van der Waals surface area contributed by atoms with Crippen LogP contribution in [0.1, 0.15) is 355 Å². The Morgan fingerprint density at radius 2 is 0.427 bits per heavy atom. The zero-order valence-corrected chi connectivity index (χ0v) is 75.1. The Hall–Kier alpha value is -5.61. The van der Waals surface area contributed by atoms with Gasteiger partial charge in [-0.2, -0.15) is 0 Å². The van der Waals surface area contributed by atoms with Crippen molar-refractivity contribution in [2.75, 3.05) is 39.6 Å². The van der Waals surface area contributed by atoms with Crippen molar-refractivity contribution in [2.24, 2.45) is 0 Å². The Kier molecular flexibility index (Phi) is 85.3. The Morgan fingerprint density at radius 1 is 0.239 bits per heavy atom. The second kappa shape index (κ2) is 89.6. The molecule has 0 aliphatic carbocycles. The van der Waals surface area contributed by atoms with Gasteiger partial charge in [-0.25, -0.2) is 9.13 Å². The molecule has 0 aliphatic heterocycles. The maximum absolute atomic E-state index is 13.0. The molecule has 0 saturated carbocycles. The van der Waals surface area contributed by atoms with Crippen molar-refractivity contribution in [3.8, 4) is 0 Å². The van der Waals surface area contributed by atoms with Gasteiger partial charge in [0.25, 0.3) is 0 Å². The summed E-state index contributed by atoms with van der Waals surface area (Å²) in [5.74, 6) is -1.60. The van der Waals surface area contributed by atoms with Crippen molar-refractivity contribution >= 4 is 33.6 Å². The lowest BCUT2D eigenvalue weighted by molar-refractivity contribution is -0.161. The topological polar surface area (TPSA) is 231 Å². The summed E-state index contributed by atoms with van der Waals surface area (Å²) in [7, 11) is -9.82. The molecule has 0 aromatic heterocycles. The van der Waals surface area contributed by atoms with Crippen LogP contribution in [-0.4, -0.2) is 95.9 Å². The number of phosphoric ester groups is 2. The molecule has 0 spiro atoms. The molecule has 0 amide bonds. The maximum atomic E-state index is 13.0. The van der Waals surface area contributed by atoms with Gasteiger partial charge in [-0.05, 0) is 161 Å². The average molecular weight is 1670 g/mol. The molecular weight excluding hydrogens is 1510 g/mol. The third kappa shape index (κ3) is 91.0. The van der Waals surface area contributed by atoms with Gasteiger partial charge in [-0.3, -0.25) is 32.5 Å². The normalized spacial score (nSPS) is 14.7. The minimum Gasteiger partial charge on any atom is -0.463 e. The number of carbonyl (C=O) groups is 3. The van der Waals surface area contributed by atoms with E-state index in [0.717, 1.165) is 205 Å². The number of aliphatic hydroxyl groups excluding tert-OH is 2. The number of phosphoric acid groups is 2. The van der Waals surface area contributed by atoms with Gasteiger partial charge < -0.3 is 34.2 Å². The van der Waals surface area contributed by atoms with Gasteiger partial charge in [0, 0.05) is 19.3 Å². The Bertz CT molecular complexity index is 2910. The van der Waals surface area contributed by atoms with E-state index in [1.165, 1.54) is 89.9 Å². The smallest absolute Gasteiger partial charge is 0.463 e. The molecule has 0 heterocycles. The first-order chi connectivity index (χ1) is 57.2. The van der Waals surface area contributed by atoms with Gasteiger partial charge in [0.2, 0.25) is 0 Å². The lowest BCUT2D eigenvalue weighted by Crippen LogP contribution is -2.30. The van der Waals surface area contributed by atoms with Crippen molar-refractivity contribution in [1.82, 2.24) is 0 Å². The van der Waals surface area contributed by atoms with E-state index in [0.29, 0.717) is 19.3 Å². The predicted octanol–water partition coefficient (Wildman–Crippen LogP) is 28.2. The van der Waals surface area contributed by atoms with E-state index in [4.69, 9.17) is 32.3 Å². The SMILES string of the molecule is CC/C=C\C/C=C\C/C=C\C/C=C\C/C=C\C/C=C\CCCCCCCCCCCCCCCCCCC(=O)OCC(O)COP(=O)(O)OCC(O)COP(=O)(O)OCC(COC(=O)CCCCCCCCCC/C=C\C/C=C\C/C=C\C/C=C\C/C=C\C/C=C\CC)OC(=O)CCCCCCCC/C=C\C/C=C\C/C=C\C/C=C\CC. The zero-order chi connectivity index (χ0) is 85.1. The van der Waals surface area contributed by atoms with Crippen molar-refractivity contribution in [1.29, 1.82) is 0 Å². The molecule has 4 N–H and O–H groups in total. The molecule has 0 aromatic carbocycles. The second-order valence-electron chi connectivity index (χ2n) is 30.0. The fourth-order valence-corrected chi connectivity index (χ4v) is 13.6. The maximum Gasteiger partial charge on any atom is 0.472 e. The fraction of sp³-hybridized carbons (Fsp3) is 0.646. The fourth-order valence-electron chi connectivity index (χ4n) is 12.0. The first-order valence-electron chi connectivity index (χ1n) is 45.7. The molecule has 5 atom stereocenters. The number of allylic oxidation sites excluding steroid dienone is 32. The summed E-state index contributed by atoms with van der Waals surface area (Å²) < 4.78 is 61.4. The van der Waals surface area contributed by atoms with E-state index in [9.17, 15) is 43.5 Å². The van der Waals surface area contributed by atoms with Crippen LogP contribution in [-0.2, 0) is 55.8 Å². The van der Waals surface area contributed by atoms with E-state index in [-0.39, 0.29) is 19.3 Å². The van der Waals surface area contributed by atoms with E-state index < -0.39 is 91.5 Å². The summed E-state index contributed by atoms with van der Waals surface area (Å²) in [5.41, 5.74) is 0. The molecule has 0 radical (unpaired) electrons. The first kappa shape index (κ1) is 111. The highest BCUT2D eigenvalue weighted by atomic mass is 31.2. The van der Waals surface area contributed by atoms with Crippen LogP contribution in [0.2, 0.25) is 0 Å². The van der Waals surface area contributed by atoms with Crippen LogP contribution in [0, 0.1) is 0 Å². The second-order valence-corrected chi connectivity index (χ2v) is 32.9. The highest BCUT2D eigenvalue weighted by Crippen LogP contribution is 2.45. The number of rotatable bonds is 85. The average Bonchev–Trinajstić information content (AvgIpc) is 0.904. The number of hydrogen-bond donors (Lipinski definition) is 4. The van der Waals surface area contributed by atoms with Crippen LogP contribution in [0.5, 0.6) is 0 Å². The van der Waals surface area contributed by atoms with Crippen molar-refractivity contribution in [2.45, 2.75) is 373 Å². The quantitative estimate of drug-likeness (QED) is 0.0146. The summed E-state index contributed by atoms with van der Waals surface area (Å²) in [6, 6.07) is 0. The van der Waals surface area contributed by atoms with Gasteiger partial charge in [0.1, 0.15) is 25.4 Å². The molecule has 117 heavy (non-hydrogen) atoms. The van der Waals surface area contributed by atoms with Crippen molar-refractivity contribution < 1.29 is 75.8 Å². The lowest BCUT2D eigenvalue weighted by Gasteiger charge is -2.21. The predicted molar refractivity (Wildman–Crippen MR) is 491 cm³/mol. The summed E-state index contributed by atoms with van der Waals surface area (Å²) >= 11 is 0. The minimum atomic E-state index is -4.95. The van der Waals surface area contributed by atoms with Gasteiger partial charge in [-0.1, -0.05) is 369 Å². The molecule has 16 nitrogen and oxygen atoms in total. The summed E-state index contributed by atoms with van der Waals surface area (Å²) in [6.07, 6.45) is 119. The van der Waals surface area contributed by atoms with E-state index in [1.54, 1.807) is 0 Å². The summed E-state index contributed by atoms with van der Waals surface area (Å²) in [6.45, 7) is 2.34. The molecule has 0 aromatic rings. The Labute approximate surface area is 712 Å². The lowest BCUT2D eigenvalue weighted by atomic mass is 10.0. The number of esters is 3. The van der Waals surface area contributed by atoms with E-state index in [2.05, 4.69) is 215 Å². The number of unbranched alkanes of at least 4 members (excludes halogenated alkanes) is 30. The molecule has 0 saturated heterocycles. The monoisotopic (exact) mass is 1670 g/mol. The largest absolute Gasteiger partial charge is 0.472 e. The van der Waals surface area contributed by atoms with E-state index >= 15 is 0 Å². The van der Waals surface area contributed by atoms with Crippen LogP contribution in [0.4, 0.5) is 0 Å². The molecule has 0 fully saturated rings. The van der Waals surface area contributed by atoms with Gasteiger partial charge >= 0.3 is 33.6 Å². The highest BCUT2D eigenvalue weighted by Gasteiger charge is 2.29. The van der Waals surface area contributed by atoms with Crippen LogP contribution in [0.15, 0.2) is 194 Å². The molecule has 5 unspecified atom stereocenters. The molecule has 666 valence electrons. The highest BCUT2D eigenvalue weighted by molar-refractivity contribution is 7.47. The van der Waals surface area contributed by atoms with Crippen LogP contribution in [0.3, 0.4) is 0 Å². The third-order valence-corrected chi connectivity index (χ3v) is 20.7. The molecular formula is C99H164O16P2. The number of aliphatic hydroxyl groups is 2. The number of ether oxygens (including phenoxy) is 3. The molecule has 0 bridgehead atoms. The number of carbonyl (C=O) groups excluding carboxylic acids is 3. The standard InChI is InChI=1S/C99H164O16P2/c1-4-7-10-13-16-19-22-25-28-31-34-36-38-40-42-43-44-45-46-47-48-49-51-53-54-56-59-61-64-67-70-73-76-79-82-85-97(102)109-88-94(100)89-111-116(105,106)112-90-95(101)91-113-117(107,108)114-93-96(115-99(104)87-84-81-78-75-72-69-66-63-58-33-30-27-24-21-18-15-12-9-6-3)92-110-98(103)86-83-80-77-74-71-68-65-62-60-57-55-52-50-41-39-37-35-32-29-26-23-20-17-14-11-8-5-2/h7-12,16-21,25-30,34-37,40-42,44-45,50,55,57-58,63,94-96,100-101H,4-6,13-15,22-24,31-33,38-39,43,46-49,51-54,56,59-62,64-93H2,1-3H3,(H,105,106)(H,107,108)/b10-7-,11-8-,12-9-,19-16-,20-17-,21-18-,28-25-,29-26-,30-27-,36-34-,37-35-,42-40-,45-44-,50-41-,57-55-,63-58-. The Balaban J connectivity index is 4.54. The minimum absolute atomic E-state index is 0.0804.